The van der Waals surface area contributed by atoms with Gasteiger partial charge in [0.2, 0.25) is 0 Å². The van der Waals surface area contributed by atoms with Gasteiger partial charge in [0.1, 0.15) is 11.5 Å². The fourth-order valence-electron chi connectivity index (χ4n) is 6.75. The van der Waals surface area contributed by atoms with Crippen molar-refractivity contribution in [3.63, 3.8) is 0 Å². The molecule has 0 saturated carbocycles. The maximum Gasteiger partial charge on any atom is 0.336 e. The van der Waals surface area contributed by atoms with Crippen molar-refractivity contribution >= 4 is 69.9 Å². The van der Waals surface area contributed by atoms with Gasteiger partial charge in [-0.25, -0.2) is 9.59 Å². The quantitative estimate of drug-likeness (QED) is 0.0572. The van der Waals surface area contributed by atoms with Crippen LogP contribution in [0.2, 0.25) is 0 Å². The maximum atomic E-state index is 13.5. The van der Waals surface area contributed by atoms with Crippen LogP contribution in [0.3, 0.4) is 0 Å². The minimum Gasteiger partial charge on any atom is -0.423 e. The summed E-state index contributed by atoms with van der Waals surface area (Å²) in [5.74, 6) is -0.374. The number of hydrogen-bond donors (Lipinski definition) is 0. The van der Waals surface area contributed by atoms with E-state index in [9.17, 15) is 9.59 Å². The Morgan fingerprint density at radius 2 is 0.621 bits per heavy atom. The van der Waals surface area contributed by atoms with E-state index in [4.69, 9.17) is 9.47 Å². The maximum absolute atomic E-state index is 13.5. The number of carbonyl (C=O) groups is 2. The molecule has 0 bridgehead atoms. The topological polar surface area (TPSA) is 52.6 Å². The molecule has 0 amide bonds. The molecule has 8 rings (SSSR count). The lowest BCUT2D eigenvalue weighted by atomic mass is 9.92. The number of hydrogen-bond acceptors (Lipinski definition) is 4. The molecule has 58 heavy (non-hydrogen) atoms. The van der Waals surface area contributed by atoms with Gasteiger partial charge in [0, 0.05) is 23.3 Å². The van der Waals surface area contributed by atoms with Crippen molar-refractivity contribution < 1.29 is 19.1 Å². The van der Waals surface area contributed by atoms with Crippen LogP contribution in [0.5, 0.6) is 11.5 Å². The summed E-state index contributed by atoms with van der Waals surface area (Å²) in [5, 5.41) is 3.59. The van der Waals surface area contributed by atoms with Gasteiger partial charge in [0.05, 0.1) is 0 Å². The third-order valence-corrected chi connectivity index (χ3v) is 9.68. The van der Waals surface area contributed by atoms with Gasteiger partial charge in [-0.2, -0.15) is 0 Å². The third-order valence-electron chi connectivity index (χ3n) is 9.68. The van der Waals surface area contributed by atoms with E-state index in [1.165, 1.54) is 12.2 Å². The highest BCUT2D eigenvalue weighted by Crippen LogP contribution is 2.45. The van der Waals surface area contributed by atoms with Crippen molar-refractivity contribution in [1.29, 1.82) is 0 Å². The zero-order chi connectivity index (χ0) is 39.5. The smallest absolute Gasteiger partial charge is 0.336 e. The average molecular weight is 751 g/mol. The van der Waals surface area contributed by atoms with Crippen LogP contribution in [0, 0.1) is 0 Å². The van der Waals surface area contributed by atoms with Gasteiger partial charge in [-0.15, -0.1) is 0 Å². The predicted octanol–water partition coefficient (Wildman–Crippen LogP) is 13.2. The van der Waals surface area contributed by atoms with Gasteiger partial charge in [-0.05, 0) is 79.2 Å². The highest BCUT2D eigenvalue weighted by molar-refractivity contribution is 6.11. The number of benzene rings is 8. The van der Waals surface area contributed by atoms with Crippen LogP contribution in [0.15, 0.2) is 194 Å². The van der Waals surface area contributed by atoms with E-state index in [1.54, 1.807) is 24.3 Å². The summed E-state index contributed by atoms with van der Waals surface area (Å²) >= 11 is 0. The SMILES string of the molecule is O=C(/C=C/c1ccc(/C=C/c2ccccc2)cc1)Oc1ccc2ccccc2c1-c1c(OC(=O)/C=C/c2ccc(/C=C/c3ccccc3)cc2)ccc2ccccc12. The van der Waals surface area contributed by atoms with Gasteiger partial charge < -0.3 is 9.47 Å². The highest BCUT2D eigenvalue weighted by atomic mass is 16.5. The summed E-state index contributed by atoms with van der Waals surface area (Å²) < 4.78 is 12.2. The normalized spacial score (nSPS) is 11.7. The van der Waals surface area contributed by atoms with E-state index >= 15 is 0 Å². The van der Waals surface area contributed by atoms with E-state index in [0.717, 1.165) is 54.9 Å². The Hall–Kier alpha value is -7.82. The molecule has 278 valence electrons. The van der Waals surface area contributed by atoms with Gasteiger partial charge in [0.25, 0.3) is 0 Å². The Morgan fingerprint density at radius 1 is 0.310 bits per heavy atom. The molecular weight excluding hydrogens is 713 g/mol. The zero-order valence-electron chi connectivity index (χ0n) is 31.6. The van der Waals surface area contributed by atoms with Crippen molar-refractivity contribution in [3.8, 4) is 22.6 Å². The summed E-state index contributed by atoms with van der Waals surface area (Å²) in [7, 11) is 0. The van der Waals surface area contributed by atoms with Crippen LogP contribution in [0.4, 0.5) is 0 Å². The van der Waals surface area contributed by atoms with Crippen LogP contribution >= 0.6 is 0 Å². The van der Waals surface area contributed by atoms with Crippen molar-refractivity contribution in [2.45, 2.75) is 0 Å². The van der Waals surface area contributed by atoms with Crippen LogP contribution in [0.1, 0.15) is 33.4 Å². The number of carbonyl (C=O) groups excluding carboxylic acids is 2. The monoisotopic (exact) mass is 750 g/mol. The molecule has 0 aromatic heterocycles. The second-order valence-electron chi connectivity index (χ2n) is 13.6. The average Bonchev–Trinajstić information content (AvgIpc) is 3.28. The predicted molar refractivity (Wildman–Crippen MR) is 240 cm³/mol. The van der Waals surface area contributed by atoms with E-state index in [-0.39, 0.29) is 0 Å². The summed E-state index contributed by atoms with van der Waals surface area (Å²) in [4.78, 5) is 27.0. The van der Waals surface area contributed by atoms with Gasteiger partial charge in [0.15, 0.2) is 0 Å². The number of ether oxygens (including phenoxy) is 2. The van der Waals surface area contributed by atoms with E-state index in [0.29, 0.717) is 22.6 Å². The molecule has 8 aromatic rings. The Kier molecular flexibility index (Phi) is 11.4. The van der Waals surface area contributed by atoms with Crippen molar-refractivity contribution in [2.75, 3.05) is 0 Å². The van der Waals surface area contributed by atoms with Gasteiger partial charge >= 0.3 is 11.9 Å². The minimum atomic E-state index is -0.534. The molecule has 0 radical (unpaired) electrons. The second kappa shape index (κ2) is 17.8. The Morgan fingerprint density at radius 3 is 1.00 bits per heavy atom. The molecule has 4 heteroatoms. The first-order chi connectivity index (χ1) is 28.6. The van der Waals surface area contributed by atoms with Crippen molar-refractivity contribution in [3.05, 3.63) is 228 Å². The minimum absolute atomic E-state index is 0.348. The van der Waals surface area contributed by atoms with Gasteiger partial charge in [-0.3, -0.25) is 0 Å². The zero-order valence-corrected chi connectivity index (χ0v) is 31.6. The van der Waals surface area contributed by atoms with Crippen molar-refractivity contribution in [1.82, 2.24) is 0 Å². The number of fused-ring (bicyclic) bond motifs is 2. The Bertz CT molecular complexity index is 2630. The van der Waals surface area contributed by atoms with E-state index < -0.39 is 11.9 Å². The summed E-state index contributed by atoms with van der Waals surface area (Å²) in [6, 6.07) is 59.3. The van der Waals surface area contributed by atoms with E-state index in [2.05, 4.69) is 48.6 Å². The molecule has 0 spiro atoms. The molecule has 0 fully saturated rings. The molecule has 0 atom stereocenters. The van der Waals surface area contributed by atoms with E-state index in [1.807, 2.05) is 146 Å². The fraction of sp³-hybridized carbons (Fsp3) is 0. The first kappa shape index (κ1) is 37.1. The molecule has 0 unspecified atom stereocenters. The third kappa shape index (κ3) is 9.16. The van der Waals surface area contributed by atoms with Crippen molar-refractivity contribution in [2.24, 2.45) is 0 Å². The molecule has 0 heterocycles. The lowest BCUT2D eigenvalue weighted by molar-refractivity contribution is -0.129. The molecule has 0 aliphatic carbocycles. The summed E-state index contributed by atoms with van der Waals surface area (Å²) in [6.45, 7) is 0. The highest BCUT2D eigenvalue weighted by Gasteiger charge is 2.21. The molecule has 4 nitrogen and oxygen atoms in total. The lowest BCUT2D eigenvalue weighted by Crippen LogP contribution is -2.07. The molecule has 8 aromatic carbocycles. The molecule has 0 aliphatic rings. The van der Waals surface area contributed by atoms with Crippen LogP contribution < -0.4 is 9.47 Å². The van der Waals surface area contributed by atoms with Gasteiger partial charge in [-0.1, -0.05) is 194 Å². The molecule has 0 N–H and O–H groups in total. The Labute approximate surface area is 338 Å². The second-order valence-corrected chi connectivity index (χ2v) is 13.6. The molecule has 0 aliphatic heterocycles. The number of esters is 2. The fourth-order valence-corrected chi connectivity index (χ4v) is 6.75. The standard InChI is InChI=1S/C54H38O4/c55-51(37-31-43-27-23-41(24-28-43)21-19-39-11-3-1-4-12-39)57-49-35-33-45-15-7-9-17-47(45)53(49)54-48-18-10-8-16-46(48)34-36-50(54)58-52(56)38-32-44-29-25-42(26-30-44)22-20-40-13-5-2-6-14-40/h1-38H/b21-19+,22-20+,37-31+,38-32+. The van der Waals surface area contributed by atoms with Crippen LogP contribution in [-0.2, 0) is 9.59 Å². The lowest BCUT2D eigenvalue weighted by Gasteiger charge is -2.18. The summed E-state index contributed by atoms with van der Waals surface area (Å²) in [6.07, 6.45) is 14.6. The number of rotatable bonds is 11. The largest absolute Gasteiger partial charge is 0.423 e. The molecule has 0 saturated heterocycles. The summed E-state index contributed by atoms with van der Waals surface area (Å²) in [5.41, 5.74) is 7.37. The van der Waals surface area contributed by atoms with Crippen LogP contribution in [0.25, 0.3) is 69.1 Å². The molecular formula is C54H38O4. The van der Waals surface area contributed by atoms with Crippen LogP contribution in [-0.4, -0.2) is 11.9 Å². The first-order valence-corrected chi connectivity index (χ1v) is 19.1. The first-order valence-electron chi connectivity index (χ1n) is 19.1. The Balaban J connectivity index is 1.05.